The van der Waals surface area contributed by atoms with Crippen LogP contribution in [0, 0.1) is 0 Å². The summed E-state index contributed by atoms with van der Waals surface area (Å²) in [5.74, 6) is 0. The van der Waals surface area contributed by atoms with Crippen LogP contribution in [0.4, 0.5) is 0 Å². The molecule has 0 aliphatic heterocycles. The molecule has 36 heavy (non-hydrogen) atoms. The van der Waals surface area contributed by atoms with Gasteiger partial charge in [0.15, 0.2) is 0 Å². The van der Waals surface area contributed by atoms with Crippen LogP contribution in [0.15, 0.2) is 0 Å². The molecular formula is C31H69N5. The summed E-state index contributed by atoms with van der Waals surface area (Å²) in [6.45, 7) is 46.6. The molecule has 0 saturated heterocycles. The average Bonchev–Trinajstić information content (AvgIpc) is 2.67. The molecule has 5 heteroatoms. The molecule has 0 atom stereocenters. The highest BCUT2D eigenvalue weighted by Crippen LogP contribution is 2.18. The molecule has 0 rings (SSSR count). The number of nitrogens with zero attached hydrogens (tertiary/aromatic N) is 5. The first-order chi connectivity index (χ1) is 16.3. The molecule has 0 aromatic rings. The van der Waals surface area contributed by atoms with Crippen molar-refractivity contribution in [1.29, 1.82) is 0 Å². The standard InChI is InChI=1S/C31H69N5/c1-25(2)32(17-19-33(26(3)4)21-23-35(28(7)8)30(11,12)13)18-20-34(27(5)6)22-24-36(29(9)10)31(14,15)16/h25-29H,17-24H2,1-16H3. The number of hydrogen-bond donors (Lipinski definition) is 0. The van der Waals surface area contributed by atoms with Gasteiger partial charge in [0.25, 0.3) is 0 Å². The van der Waals surface area contributed by atoms with Gasteiger partial charge in [-0.2, -0.15) is 0 Å². The van der Waals surface area contributed by atoms with Crippen molar-refractivity contribution in [3.05, 3.63) is 0 Å². The van der Waals surface area contributed by atoms with E-state index in [-0.39, 0.29) is 11.1 Å². The van der Waals surface area contributed by atoms with Gasteiger partial charge in [0.2, 0.25) is 0 Å². The van der Waals surface area contributed by atoms with Crippen molar-refractivity contribution in [3.63, 3.8) is 0 Å². The maximum absolute atomic E-state index is 2.69. The first kappa shape index (κ1) is 35.8. The highest BCUT2D eigenvalue weighted by atomic mass is 15.3. The van der Waals surface area contributed by atoms with Crippen LogP contribution in [0.5, 0.6) is 0 Å². The summed E-state index contributed by atoms with van der Waals surface area (Å²) in [5.41, 5.74) is 0.415. The Labute approximate surface area is 228 Å². The maximum Gasteiger partial charge on any atom is 0.0128 e. The Bertz CT molecular complexity index is 510. The van der Waals surface area contributed by atoms with Crippen molar-refractivity contribution in [3.8, 4) is 0 Å². The third-order valence-electron chi connectivity index (χ3n) is 7.77. The zero-order valence-electron chi connectivity index (χ0n) is 27.8. The molecule has 0 bridgehead atoms. The molecule has 0 saturated carbocycles. The monoisotopic (exact) mass is 512 g/mol. The molecule has 0 aromatic carbocycles. The van der Waals surface area contributed by atoms with Gasteiger partial charge in [-0.05, 0) is 111 Å². The lowest BCUT2D eigenvalue weighted by atomic mass is 10.0. The van der Waals surface area contributed by atoms with Crippen molar-refractivity contribution in [2.45, 2.75) is 152 Å². The van der Waals surface area contributed by atoms with Gasteiger partial charge >= 0.3 is 0 Å². The van der Waals surface area contributed by atoms with E-state index >= 15 is 0 Å². The fourth-order valence-corrected chi connectivity index (χ4v) is 5.61. The van der Waals surface area contributed by atoms with Crippen LogP contribution >= 0.6 is 0 Å². The quantitative estimate of drug-likeness (QED) is 0.233. The third kappa shape index (κ3) is 13.6. The highest BCUT2D eigenvalue weighted by Gasteiger charge is 2.26. The summed E-state index contributed by atoms with van der Waals surface area (Å²) in [6, 6.07) is 2.84. The second kappa shape index (κ2) is 16.0. The molecule has 0 N–H and O–H groups in total. The summed E-state index contributed by atoms with van der Waals surface area (Å²) in [6.07, 6.45) is 0. The van der Waals surface area contributed by atoms with Crippen LogP contribution < -0.4 is 0 Å². The normalized spacial score (nSPS) is 14.2. The highest BCUT2D eigenvalue weighted by molar-refractivity contribution is 4.82. The van der Waals surface area contributed by atoms with Crippen molar-refractivity contribution in [1.82, 2.24) is 24.5 Å². The lowest BCUT2D eigenvalue weighted by molar-refractivity contribution is 0.0641. The van der Waals surface area contributed by atoms with Crippen molar-refractivity contribution < 1.29 is 0 Å². The van der Waals surface area contributed by atoms with E-state index in [1.165, 1.54) is 0 Å². The molecular weight excluding hydrogens is 442 g/mol. The van der Waals surface area contributed by atoms with E-state index in [0.29, 0.717) is 30.2 Å². The van der Waals surface area contributed by atoms with Crippen LogP contribution in [-0.2, 0) is 0 Å². The summed E-state index contributed by atoms with van der Waals surface area (Å²) in [7, 11) is 0. The lowest BCUT2D eigenvalue weighted by Crippen LogP contribution is -2.52. The van der Waals surface area contributed by atoms with E-state index in [9.17, 15) is 0 Å². The molecule has 0 spiro atoms. The van der Waals surface area contributed by atoms with Gasteiger partial charge in [-0.25, -0.2) is 0 Å². The number of hydrogen-bond acceptors (Lipinski definition) is 5. The minimum atomic E-state index is 0.208. The topological polar surface area (TPSA) is 16.2 Å². The fourth-order valence-electron chi connectivity index (χ4n) is 5.61. The summed E-state index contributed by atoms with van der Waals surface area (Å²) >= 11 is 0. The van der Waals surface area contributed by atoms with E-state index in [2.05, 4.69) is 135 Å². The van der Waals surface area contributed by atoms with Gasteiger partial charge in [0, 0.05) is 93.6 Å². The third-order valence-corrected chi connectivity index (χ3v) is 7.77. The second-order valence-electron chi connectivity index (χ2n) is 14.3. The first-order valence-electron chi connectivity index (χ1n) is 15.0. The molecule has 0 heterocycles. The predicted molar refractivity (Wildman–Crippen MR) is 163 cm³/mol. The average molecular weight is 512 g/mol. The van der Waals surface area contributed by atoms with Crippen LogP contribution in [-0.4, -0.2) is 118 Å². The Morgan fingerprint density at radius 3 is 0.667 bits per heavy atom. The van der Waals surface area contributed by atoms with Gasteiger partial charge in [0.1, 0.15) is 0 Å². The van der Waals surface area contributed by atoms with Crippen LogP contribution in [0.3, 0.4) is 0 Å². The predicted octanol–water partition coefficient (Wildman–Crippen LogP) is 6.14. The van der Waals surface area contributed by atoms with Gasteiger partial charge in [-0.15, -0.1) is 0 Å². The molecule has 0 unspecified atom stereocenters. The van der Waals surface area contributed by atoms with Crippen LogP contribution in [0.25, 0.3) is 0 Å². The summed E-state index contributed by atoms with van der Waals surface area (Å²) in [4.78, 5) is 13.3. The van der Waals surface area contributed by atoms with Crippen molar-refractivity contribution in [2.75, 3.05) is 52.4 Å². The Balaban J connectivity index is 5.09. The second-order valence-corrected chi connectivity index (χ2v) is 14.3. The van der Waals surface area contributed by atoms with Crippen molar-refractivity contribution >= 4 is 0 Å². The van der Waals surface area contributed by atoms with Crippen LogP contribution in [0.2, 0.25) is 0 Å². The molecule has 0 aliphatic carbocycles. The van der Waals surface area contributed by atoms with E-state index in [1.54, 1.807) is 0 Å². The van der Waals surface area contributed by atoms with Crippen molar-refractivity contribution in [2.24, 2.45) is 0 Å². The van der Waals surface area contributed by atoms with E-state index in [4.69, 9.17) is 0 Å². The van der Waals surface area contributed by atoms with Gasteiger partial charge < -0.3 is 0 Å². The zero-order valence-corrected chi connectivity index (χ0v) is 27.8. The number of rotatable bonds is 17. The molecule has 0 fully saturated rings. The smallest absolute Gasteiger partial charge is 0.0128 e. The minimum absolute atomic E-state index is 0.208. The van der Waals surface area contributed by atoms with Crippen LogP contribution in [0.1, 0.15) is 111 Å². The Hall–Kier alpha value is -0.200. The fraction of sp³-hybridized carbons (Fsp3) is 1.00. The SMILES string of the molecule is CC(C)N(CCN(CCN(C(C)C)C(C)(C)C)C(C)C)CCN(CCN(C(C)C)C(C)(C)C)C(C)C. The van der Waals surface area contributed by atoms with Gasteiger partial charge in [-0.3, -0.25) is 24.5 Å². The Morgan fingerprint density at radius 2 is 0.528 bits per heavy atom. The van der Waals surface area contributed by atoms with Gasteiger partial charge in [-0.1, -0.05) is 0 Å². The lowest BCUT2D eigenvalue weighted by Gasteiger charge is -2.41. The largest absolute Gasteiger partial charge is 0.298 e. The maximum atomic E-state index is 2.69. The first-order valence-corrected chi connectivity index (χ1v) is 15.0. The Morgan fingerprint density at radius 1 is 0.333 bits per heavy atom. The minimum Gasteiger partial charge on any atom is -0.298 e. The Kier molecular flexibility index (Phi) is 15.9. The summed E-state index contributed by atoms with van der Waals surface area (Å²) < 4.78 is 0. The van der Waals surface area contributed by atoms with E-state index in [0.717, 1.165) is 52.4 Å². The van der Waals surface area contributed by atoms with E-state index < -0.39 is 0 Å². The molecule has 0 aromatic heterocycles. The van der Waals surface area contributed by atoms with E-state index in [1.807, 2.05) is 0 Å². The molecule has 218 valence electrons. The molecule has 0 amide bonds. The molecule has 0 radical (unpaired) electrons. The van der Waals surface area contributed by atoms with Gasteiger partial charge in [0.05, 0.1) is 0 Å². The molecule has 5 nitrogen and oxygen atoms in total. The zero-order chi connectivity index (χ0) is 28.4. The summed E-state index contributed by atoms with van der Waals surface area (Å²) in [5, 5.41) is 0. The molecule has 0 aliphatic rings.